The van der Waals surface area contributed by atoms with Crippen LogP contribution in [-0.4, -0.2) is 44.7 Å². The number of thioether (sulfide) groups is 1. The first-order valence-corrected chi connectivity index (χ1v) is 11.1. The minimum Gasteiger partial charge on any atom is -0.383 e. The SMILES string of the molecule is COCCn1c(SCC(=O)Nc2ccnn2C(C)C)nc2sc(C)c(C)c2c1=O. The first-order chi connectivity index (χ1) is 13.8. The maximum atomic E-state index is 13.1. The van der Waals surface area contributed by atoms with Gasteiger partial charge in [0.15, 0.2) is 5.16 Å². The number of ether oxygens (including phenoxy) is 1. The average Bonchev–Trinajstić information content (AvgIpc) is 3.24. The molecular weight excluding hydrogens is 410 g/mol. The van der Waals surface area contributed by atoms with Crippen LogP contribution in [0.25, 0.3) is 10.2 Å². The Morgan fingerprint density at radius 3 is 2.83 bits per heavy atom. The molecule has 8 nitrogen and oxygen atoms in total. The molecule has 156 valence electrons. The number of carbonyl (C=O) groups excluding carboxylic acids is 1. The van der Waals surface area contributed by atoms with Crippen molar-refractivity contribution >= 4 is 45.0 Å². The van der Waals surface area contributed by atoms with E-state index in [1.165, 1.54) is 23.1 Å². The number of rotatable bonds is 8. The lowest BCUT2D eigenvalue weighted by Gasteiger charge is -2.13. The Balaban J connectivity index is 1.84. The van der Waals surface area contributed by atoms with E-state index in [1.54, 1.807) is 28.6 Å². The van der Waals surface area contributed by atoms with Crippen molar-refractivity contribution in [3.63, 3.8) is 0 Å². The summed E-state index contributed by atoms with van der Waals surface area (Å²) in [4.78, 5) is 32.0. The van der Waals surface area contributed by atoms with E-state index in [-0.39, 0.29) is 23.3 Å². The smallest absolute Gasteiger partial charge is 0.263 e. The van der Waals surface area contributed by atoms with E-state index in [4.69, 9.17) is 4.74 Å². The van der Waals surface area contributed by atoms with Gasteiger partial charge in [0.25, 0.3) is 5.56 Å². The number of hydrogen-bond donors (Lipinski definition) is 1. The van der Waals surface area contributed by atoms with Gasteiger partial charge in [0.05, 0.1) is 30.5 Å². The van der Waals surface area contributed by atoms with E-state index in [0.29, 0.717) is 34.3 Å². The van der Waals surface area contributed by atoms with E-state index in [0.717, 1.165) is 10.4 Å². The van der Waals surface area contributed by atoms with Gasteiger partial charge >= 0.3 is 0 Å². The summed E-state index contributed by atoms with van der Waals surface area (Å²) in [6.07, 6.45) is 1.65. The molecule has 0 bridgehead atoms. The fourth-order valence-corrected chi connectivity index (χ4v) is 4.83. The topological polar surface area (TPSA) is 91.0 Å². The minimum atomic E-state index is -0.177. The molecule has 0 fully saturated rings. The lowest BCUT2D eigenvalue weighted by Crippen LogP contribution is -2.26. The summed E-state index contributed by atoms with van der Waals surface area (Å²) in [5, 5.41) is 8.26. The van der Waals surface area contributed by atoms with E-state index in [9.17, 15) is 9.59 Å². The molecule has 3 aromatic heterocycles. The van der Waals surface area contributed by atoms with Crippen LogP contribution in [-0.2, 0) is 16.1 Å². The van der Waals surface area contributed by atoms with Crippen molar-refractivity contribution in [1.29, 1.82) is 0 Å². The molecule has 0 unspecified atom stereocenters. The zero-order valence-electron chi connectivity index (χ0n) is 17.2. The average molecular weight is 436 g/mol. The van der Waals surface area contributed by atoms with Crippen LogP contribution in [0.5, 0.6) is 0 Å². The lowest BCUT2D eigenvalue weighted by molar-refractivity contribution is -0.113. The molecule has 1 amide bonds. The summed E-state index contributed by atoms with van der Waals surface area (Å²) in [6, 6.07) is 1.90. The van der Waals surface area contributed by atoms with Crippen molar-refractivity contribution in [2.24, 2.45) is 0 Å². The van der Waals surface area contributed by atoms with Crippen molar-refractivity contribution in [3.8, 4) is 0 Å². The standard InChI is InChI=1S/C19H25N5O3S2/c1-11(2)24-14(6-7-20-24)21-15(25)10-28-19-22-17-16(12(3)13(4)29-17)18(26)23(19)8-9-27-5/h6-7,11H,8-10H2,1-5H3,(H,21,25). The fraction of sp³-hybridized carbons (Fsp3) is 0.474. The number of aromatic nitrogens is 4. The number of hydrogen-bond acceptors (Lipinski definition) is 7. The van der Waals surface area contributed by atoms with Gasteiger partial charge in [-0.05, 0) is 33.3 Å². The lowest BCUT2D eigenvalue weighted by atomic mass is 10.2. The Labute approximate surface area is 177 Å². The highest BCUT2D eigenvalue weighted by molar-refractivity contribution is 7.99. The van der Waals surface area contributed by atoms with Crippen LogP contribution in [0.4, 0.5) is 5.82 Å². The monoisotopic (exact) mass is 435 g/mol. The number of nitrogens with one attached hydrogen (secondary N) is 1. The Morgan fingerprint density at radius 1 is 1.38 bits per heavy atom. The van der Waals surface area contributed by atoms with Crippen molar-refractivity contribution in [2.75, 3.05) is 24.8 Å². The number of anilines is 1. The Kier molecular flexibility index (Phi) is 6.76. The van der Waals surface area contributed by atoms with Crippen LogP contribution in [0.3, 0.4) is 0 Å². The number of fused-ring (bicyclic) bond motifs is 1. The molecule has 3 rings (SSSR count). The molecule has 0 aromatic carbocycles. The largest absolute Gasteiger partial charge is 0.383 e. The van der Waals surface area contributed by atoms with Gasteiger partial charge in [-0.2, -0.15) is 5.10 Å². The van der Waals surface area contributed by atoms with Gasteiger partial charge in [-0.3, -0.25) is 14.2 Å². The molecule has 0 atom stereocenters. The molecule has 0 aliphatic heterocycles. The number of methoxy groups -OCH3 is 1. The van der Waals surface area contributed by atoms with E-state index < -0.39 is 0 Å². The number of nitrogens with zero attached hydrogens (tertiary/aromatic N) is 4. The van der Waals surface area contributed by atoms with Gasteiger partial charge in [-0.1, -0.05) is 11.8 Å². The molecule has 3 aromatic rings. The Bertz CT molecular complexity index is 1080. The highest BCUT2D eigenvalue weighted by Gasteiger charge is 2.18. The van der Waals surface area contributed by atoms with Gasteiger partial charge in [-0.25, -0.2) is 9.67 Å². The molecule has 1 N–H and O–H groups in total. The van der Waals surface area contributed by atoms with Crippen LogP contribution in [0.1, 0.15) is 30.3 Å². The zero-order valence-corrected chi connectivity index (χ0v) is 18.8. The Morgan fingerprint density at radius 2 is 2.14 bits per heavy atom. The van der Waals surface area contributed by atoms with Gasteiger partial charge in [-0.15, -0.1) is 11.3 Å². The summed E-state index contributed by atoms with van der Waals surface area (Å²) in [5.41, 5.74) is 0.875. The summed E-state index contributed by atoms with van der Waals surface area (Å²) in [5.74, 6) is 0.608. The second kappa shape index (κ2) is 9.10. The molecule has 0 aliphatic carbocycles. The van der Waals surface area contributed by atoms with E-state index >= 15 is 0 Å². The third-order valence-electron chi connectivity index (χ3n) is 4.53. The fourth-order valence-electron chi connectivity index (χ4n) is 2.93. The third kappa shape index (κ3) is 4.54. The summed E-state index contributed by atoms with van der Waals surface area (Å²) < 4.78 is 8.50. The van der Waals surface area contributed by atoms with Crippen LogP contribution >= 0.6 is 23.1 Å². The van der Waals surface area contributed by atoms with Crippen LogP contribution in [0.15, 0.2) is 22.2 Å². The highest BCUT2D eigenvalue weighted by Crippen LogP contribution is 2.28. The molecule has 0 radical (unpaired) electrons. The first-order valence-electron chi connectivity index (χ1n) is 9.29. The van der Waals surface area contributed by atoms with Crippen LogP contribution in [0.2, 0.25) is 0 Å². The molecule has 3 heterocycles. The summed E-state index contributed by atoms with van der Waals surface area (Å²) >= 11 is 2.75. The summed E-state index contributed by atoms with van der Waals surface area (Å²) in [6.45, 7) is 8.69. The second-order valence-electron chi connectivity index (χ2n) is 6.90. The molecule has 0 spiro atoms. The highest BCUT2D eigenvalue weighted by atomic mass is 32.2. The molecular formula is C19H25N5O3S2. The Hall–Kier alpha value is -2.17. The molecule has 10 heteroatoms. The zero-order chi connectivity index (χ0) is 21.1. The van der Waals surface area contributed by atoms with Gasteiger partial charge in [0.2, 0.25) is 5.91 Å². The predicted octanol–water partition coefficient (Wildman–Crippen LogP) is 3.23. The number of aryl methyl sites for hydroxylation is 2. The maximum absolute atomic E-state index is 13.1. The number of amides is 1. The van der Waals surface area contributed by atoms with Gasteiger partial charge in [0, 0.05) is 24.1 Å². The van der Waals surface area contributed by atoms with Gasteiger partial charge < -0.3 is 10.1 Å². The van der Waals surface area contributed by atoms with Crippen molar-refractivity contribution in [1.82, 2.24) is 19.3 Å². The molecule has 0 saturated heterocycles. The predicted molar refractivity (Wildman–Crippen MR) is 117 cm³/mol. The number of thiophene rings is 1. The van der Waals surface area contributed by atoms with Crippen molar-refractivity contribution in [2.45, 2.75) is 45.4 Å². The molecule has 29 heavy (non-hydrogen) atoms. The van der Waals surface area contributed by atoms with Gasteiger partial charge in [0.1, 0.15) is 10.6 Å². The molecule has 0 saturated carbocycles. The normalized spacial score (nSPS) is 11.5. The molecule has 0 aliphatic rings. The third-order valence-corrected chi connectivity index (χ3v) is 6.61. The minimum absolute atomic E-state index is 0.0882. The van der Waals surface area contributed by atoms with E-state index in [2.05, 4.69) is 15.4 Å². The maximum Gasteiger partial charge on any atom is 0.263 e. The second-order valence-corrected chi connectivity index (χ2v) is 9.04. The number of carbonyl (C=O) groups is 1. The first kappa shape index (κ1) is 21.5. The van der Waals surface area contributed by atoms with Crippen molar-refractivity contribution < 1.29 is 9.53 Å². The van der Waals surface area contributed by atoms with Crippen LogP contribution < -0.4 is 10.9 Å². The quantitative estimate of drug-likeness (QED) is 0.431. The van der Waals surface area contributed by atoms with E-state index in [1.807, 2.05) is 27.7 Å². The van der Waals surface area contributed by atoms with Crippen molar-refractivity contribution in [3.05, 3.63) is 33.1 Å². The van der Waals surface area contributed by atoms with Crippen LogP contribution in [0, 0.1) is 13.8 Å². The summed E-state index contributed by atoms with van der Waals surface area (Å²) in [7, 11) is 1.59.